The molecule has 5 heteroatoms. The Morgan fingerprint density at radius 3 is 2.67 bits per heavy atom. The molecule has 0 unspecified atom stereocenters. The largest absolute Gasteiger partial charge is 0.276 e. The van der Waals surface area contributed by atoms with Gasteiger partial charge in [0, 0.05) is 22.3 Å². The number of halogens is 1. The van der Waals surface area contributed by atoms with E-state index in [-0.39, 0.29) is 0 Å². The van der Waals surface area contributed by atoms with Crippen LogP contribution in [0.15, 0.2) is 33.7 Å². The van der Waals surface area contributed by atoms with E-state index in [2.05, 4.69) is 45.0 Å². The summed E-state index contributed by atoms with van der Waals surface area (Å²) < 4.78 is 1.09. The monoisotopic (exact) mass is 338 g/mol. The fourth-order valence-electron chi connectivity index (χ4n) is 1.78. The van der Waals surface area contributed by atoms with Crippen LogP contribution in [0, 0.1) is 6.92 Å². The highest BCUT2D eigenvalue weighted by molar-refractivity contribution is 9.10. The minimum absolute atomic E-state index is 0.935. The van der Waals surface area contributed by atoms with Crippen molar-refractivity contribution in [2.75, 3.05) is 12.3 Å². The molecule has 0 saturated carbocycles. The van der Waals surface area contributed by atoms with Crippen LogP contribution in [0.4, 0.5) is 0 Å². The predicted molar refractivity (Wildman–Crippen MR) is 83.8 cm³/mol. The highest BCUT2D eigenvalue weighted by Gasteiger charge is 2.17. The van der Waals surface area contributed by atoms with Crippen molar-refractivity contribution in [2.45, 2.75) is 6.92 Å². The zero-order valence-corrected chi connectivity index (χ0v) is 13.0. The lowest BCUT2D eigenvalue weighted by molar-refractivity contribution is 1.17. The molecule has 0 bridgehead atoms. The molecule has 1 aliphatic rings. The van der Waals surface area contributed by atoms with Crippen LogP contribution in [-0.4, -0.2) is 22.3 Å². The number of hydrogen-bond acceptors (Lipinski definition) is 4. The maximum Gasteiger partial charge on any atom is 0.124 e. The number of aliphatic imine (C=N–C) groups is 1. The van der Waals surface area contributed by atoms with Crippen LogP contribution in [-0.2, 0) is 0 Å². The standard InChI is InChI=1S/C13H11BrN2S2/c1-8-11(13-15-6-7-17-13)18-12(16-8)9-2-4-10(14)5-3-9/h2-5H,6-7H2,1H3. The quantitative estimate of drug-likeness (QED) is 0.812. The smallest absolute Gasteiger partial charge is 0.124 e. The summed E-state index contributed by atoms with van der Waals surface area (Å²) >= 11 is 7.02. The number of benzene rings is 1. The molecule has 0 aliphatic carbocycles. The summed E-state index contributed by atoms with van der Waals surface area (Å²) in [4.78, 5) is 10.4. The van der Waals surface area contributed by atoms with E-state index in [9.17, 15) is 0 Å². The Labute approximate surface area is 123 Å². The molecule has 0 radical (unpaired) electrons. The summed E-state index contributed by atoms with van der Waals surface area (Å²) in [6.45, 7) is 3.00. The molecule has 0 atom stereocenters. The van der Waals surface area contributed by atoms with Crippen molar-refractivity contribution in [1.82, 2.24) is 4.98 Å². The Kier molecular flexibility index (Phi) is 3.54. The molecule has 0 N–H and O–H groups in total. The molecule has 1 aromatic heterocycles. The molecule has 2 aromatic rings. The van der Waals surface area contributed by atoms with Crippen molar-refractivity contribution < 1.29 is 0 Å². The van der Waals surface area contributed by atoms with Gasteiger partial charge in [0.1, 0.15) is 10.1 Å². The van der Waals surface area contributed by atoms with Gasteiger partial charge in [-0.2, -0.15) is 0 Å². The van der Waals surface area contributed by atoms with Gasteiger partial charge in [-0.1, -0.05) is 28.1 Å². The van der Waals surface area contributed by atoms with Crippen LogP contribution in [0.25, 0.3) is 10.6 Å². The van der Waals surface area contributed by atoms with Crippen molar-refractivity contribution in [1.29, 1.82) is 0 Å². The first-order valence-electron chi connectivity index (χ1n) is 5.65. The van der Waals surface area contributed by atoms with Gasteiger partial charge in [-0.3, -0.25) is 4.99 Å². The van der Waals surface area contributed by atoms with Crippen LogP contribution < -0.4 is 0 Å². The van der Waals surface area contributed by atoms with Crippen molar-refractivity contribution >= 4 is 44.1 Å². The van der Waals surface area contributed by atoms with Crippen molar-refractivity contribution in [2.24, 2.45) is 4.99 Å². The lowest BCUT2D eigenvalue weighted by atomic mass is 10.2. The Morgan fingerprint density at radius 2 is 2.00 bits per heavy atom. The highest BCUT2D eigenvalue weighted by Crippen LogP contribution is 2.32. The topological polar surface area (TPSA) is 25.2 Å². The van der Waals surface area contributed by atoms with Crippen LogP contribution >= 0.6 is 39.0 Å². The van der Waals surface area contributed by atoms with E-state index in [0.29, 0.717) is 0 Å². The van der Waals surface area contributed by atoms with Crippen molar-refractivity contribution in [3.8, 4) is 10.6 Å². The Balaban J connectivity index is 1.99. The summed E-state index contributed by atoms with van der Waals surface area (Å²) in [5.74, 6) is 1.10. The normalized spacial score (nSPS) is 14.9. The first-order chi connectivity index (χ1) is 8.74. The minimum Gasteiger partial charge on any atom is -0.276 e. The van der Waals surface area contributed by atoms with Gasteiger partial charge in [-0.25, -0.2) is 4.98 Å². The van der Waals surface area contributed by atoms with E-state index in [4.69, 9.17) is 0 Å². The minimum atomic E-state index is 0.935. The first-order valence-corrected chi connectivity index (χ1v) is 8.24. The molecule has 0 spiro atoms. The molecular formula is C13H11BrN2S2. The fraction of sp³-hybridized carbons (Fsp3) is 0.231. The number of hydrogen-bond donors (Lipinski definition) is 0. The summed E-state index contributed by atoms with van der Waals surface area (Å²) in [5, 5.41) is 2.23. The third kappa shape index (κ3) is 2.39. The molecule has 1 aromatic carbocycles. The second kappa shape index (κ2) is 5.15. The summed E-state index contributed by atoms with van der Waals surface area (Å²) in [7, 11) is 0. The maximum atomic E-state index is 4.66. The van der Waals surface area contributed by atoms with E-state index < -0.39 is 0 Å². The number of thiazole rings is 1. The molecule has 2 nitrogen and oxygen atoms in total. The molecule has 1 aliphatic heterocycles. The van der Waals surface area contributed by atoms with Gasteiger partial charge >= 0.3 is 0 Å². The Morgan fingerprint density at radius 1 is 1.22 bits per heavy atom. The van der Waals surface area contributed by atoms with E-state index in [1.54, 1.807) is 11.3 Å². The highest BCUT2D eigenvalue weighted by atomic mass is 79.9. The molecular weight excluding hydrogens is 328 g/mol. The molecule has 18 heavy (non-hydrogen) atoms. The average Bonchev–Trinajstić information content (AvgIpc) is 2.99. The molecule has 0 saturated heterocycles. The fourth-order valence-corrected chi connectivity index (χ4v) is 4.16. The lowest BCUT2D eigenvalue weighted by Gasteiger charge is -1.95. The predicted octanol–water partition coefficient (Wildman–Crippen LogP) is 4.37. The number of aryl methyl sites for hydroxylation is 1. The van der Waals surface area contributed by atoms with E-state index in [0.717, 1.165) is 32.5 Å². The Hall–Kier alpha value is -0.650. The van der Waals surface area contributed by atoms with Crippen LogP contribution in [0.1, 0.15) is 10.6 Å². The molecule has 0 fully saturated rings. The van der Waals surface area contributed by atoms with Gasteiger partial charge in [0.2, 0.25) is 0 Å². The van der Waals surface area contributed by atoms with Crippen LogP contribution in [0.2, 0.25) is 0 Å². The number of aromatic nitrogens is 1. The lowest BCUT2D eigenvalue weighted by Crippen LogP contribution is -1.90. The van der Waals surface area contributed by atoms with Gasteiger partial charge in [0.05, 0.1) is 10.6 Å². The van der Waals surface area contributed by atoms with E-state index >= 15 is 0 Å². The summed E-state index contributed by atoms with van der Waals surface area (Å²) in [6, 6.07) is 8.28. The third-order valence-corrected chi connectivity index (χ3v) is 5.53. The average molecular weight is 339 g/mol. The van der Waals surface area contributed by atoms with Gasteiger partial charge < -0.3 is 0 Å². The zero-order valence-electron chi connectivity index (χ0n) is 9.81. The zero-order chi connectivity index (χ0) is 12.5. The number of nitrogens with zero attached hydrogens (tertiary/aromatic N) is 2. The third-order valence-electron chi connectivity index (χ3n) is 2.67. The maximum absolute atomic E-state index is 4.66. The number of thioether (sulfide) groups is 1. The van der Waals surface area contributed by atoms with Gasteiger partial charge in [-0.05, 0) is 19.1 Å². The van der Waals surface area contributed by atoms with E-state index in [1.165, 1.54) is 10.4 Å². The summed E-state index contributed by atoms with van der Waals surface area (Å²) in [6.07, 6.45) is 0. The van der Waals surface area contributed by atoms with Gasteiger partial charge in [0.25, 0.3) is 0 Å². The van der Waals surface area contributed by atoms with Crippen LogP contribution in [0.3, 0.4) is 0 Å². The first kappa shape index (κ1) is 12.4. The van der Waals surface area contributed by atoms with E-state index in [1.807, 2.05) is 23.9 Å². The molecule has 3 rings (SSSR count). The molecule has 0 amide bonds. The Bertz CT molecular complexity index is 602. The van der Waals surface area contributed by atoms with Gasteiger partial charge in [0.15, 0.2) is 0 Å². The van der Waals surface area contributed by atoms with Crippen LogP contribution in [0.5, 0.6) is 0 Å². The van der Waals surface area contributed by atoms with Crippen molar-refractivity contribution in [3.05, 3.63) is 39.3 Å². The second-order valence-corrected chi connectivity index (χ2v) is 6.97. The van der Waals surface area contributed by atoms with Gasteiger partial charge in [-0.15, -0.1) is 23.1 Å². The second-order valence-electron chi connectivity index (χ2n) is 3.98. The SMILES string of the molecule is Cc1nc(-c2ccc(Br)cc2)sc1C1=NCCS1. The van der Waals surface area contributed by atoms with Crippen molar-refractivity contribution in [3.63, 3.8) is 0 Å². The summed E-state index contributed by atoms with van der Waals surface area (Å²) in [5.41, 5.74) is 2.26. The molecule has 92 valence electrons. The number of rotatable bonds is 2. The molecule has 2 heterocycles.